The summed E-state index contributed by atoms with van der Waals surface area (Å²) in [5.41, 5.74) is 0. The number of esters is 1. The Morgan fingerprint density at radius 3 is 2.33 bits per heavy atom. The SMILES string of the molecule is O=C1OCCS(=O)(=O)[N-]S(=O)(=O)C1(F)F. The molecule has 88 valence electrons. The lowest BCUT2D eigenvalue weighted by molar-refractivity contribution is -0.160. The molecule has 0 bridgehead atoms. The normalized spacial score (nSPS) is 28.5. The number of hydrogen-bond donors (Lipinski definition) is 0. The Morgan fingerprint density at radius 2 is 1.80 bits per heavy atom. The van der Waals surface area contributed by atoms with Crippen molar-refractivity contribution in [1.82, 2.24) is 0 Å². The van der Waals surface area contributed by atoms with Gasteiger partial charge >= 0.3 is 11.2 Å². The molecule has 0 radical (unpaired) electrons. The van der Waals surface area contributed by atoms with Crippen molar-refractivity contribution in [3.05, 3.63) is 4.13 Å². The standard InChI is InChI=1S/C4H4F2NO6S2/c5-4(6)3(8)13-1-2-14(9,10)7-15(4,11)12/h1-2H2/q-1. The molecule has 0 amide bonds. The van der Waals surface area contributed by atoms with Crippen LogP contribution in [0.1, 0.15) is 0 Å². The van der Waals surface area contributed by atoms with Gasteiger partial charge in [-0.1, -0.05) is 0 Å². The number of alkyl halides is 2. The first-order valence-electron chi connectivity index (χ1n) is 3.35. The van der Waals surface area contributed by atoms with E-state index in [1.807, 2.05) is 4.13 Å². The third-order valence-corrected chi connectivity index (χ3v) is 4.54. The lowest BCUT2D eigenvalue weighted by atomic mass is 10.7. The van der Waals surface area contributed by atoms with E-state index in [0.717, 1.165) is 0 Å². The lowest BCUT2D eigenvalue weighted by Crippen LogP contribution is -2.42. The zero-order valence-electron chi connectivity index (χ0n) is 6.88. The number of sulfonamides is 2. The van der Waals surface area contributed by atoms with Crippen LogP contribution in [0, 0.1) is 0 Å². The van der Waals surface area contributed by atoms with Gasteiger partial charge in [-0.15, -0.1) is 0 Å². The summed E-state index contributed by atoms with van der Waals surface area (Å²) in [5, 5.41) is -4.97. The second-order valence-electron chi connectivity index (χ2n) is 2.49. The number of carbonyl (C=O) groups excluding carboxylic acids is 1. The summed E-state index contributed by atoms with van der Waals surface area (Å²) < 4.78 is 74.2. The fourth-order valence-electron chi connectivity index (χ4n) is 0.663. The minimum absolute atomic E-state index is 0.865. The highest BCUT2D eigenvalue weighted by atomic mass is 32.3. The van der Waals surface area contributed by atoms with Crippen LogP contribution in [-0.2, 0) is 29.6 Å². The predicted molar refractivity (Wildman–Crippen MR) is 42.0 cm³/mol. The molecule has 1 fully saturated rings. The molecule has 0 N–H and O–H groups in total. The first kappa shape index (κ1) is 12.3. The van der Waals surface area contributed by atoms with Gasteiger partial charge in [0.25, 0.3) is 0 Å². The molecule has 7 nitrogen and oxygen atoms in total. The first-order chi connectivity index (χ1) is 6.58. The van der Waals surface area contributed by atoms with E-state index in [0.29, 0.717) is 0 Å². The molecule has 1 saturated heterocycles. The first-order valence-corrected chi connectivity index (χ1v) is 6.40. The highest BCUT2D eigenvalue weighted by Gasteiger charge is 2.51. The molecule has 0 aromatic rings. The average Bonchev–Trinajstić information content (AvgIpc) is 1.99. The van der Waals surface area contributed by atoms with Crippen LogP contribution >= 0.6 is 0 Å². The smallest absolute Gasteiger partial charge is 0.424 e. The Labute approximate surface area is 83.5 Å². The molecular weight excluding hydrogens is 260 g/mol. The Bertz CT molecular complexity index is 479. The molecule has 11 heteroatoms. The van der Waals surface area contributed by atoms with E-state index in [4.69, 9.17) is 0 Å². The van der Waals surface area contributed by atoms with E-state index < -0.39 is 43.6 Å². The van der Waals surface area contributed by atoms with Crippen molar-refractivity contribution in [2.75, 3.05) is 12.4 Å². The summed E-state index contributed by atoms with van der Waals surface area (Å²) >= 11 is 0. The van der Waals surface area contributed by atoms with Gasteiger partial charge in [0.1, 0.15) is 6.61 Å². The van der Waals surface area contributed by atoms with E-state index in [1.165, 1.54) is 0 Å². The molecule has 0 atom stereocenters. The molecule has 15 heavy (non-hydrogen) atoms. The third kappa shape index (κ3) is 2.23. The van der Waals surface area contributed by atoms with Crippen LogP contribution in [0.5, 0.6) is 0 Å². The molecule has 0 aliphatic carbocycles. The van der Waals surface area contributed by atoms with Gasteiger partial charge in [0.15, 0.2) is 10.0 Å². The van der Waals surface area contributed by atoms with Gasteiger partial charge in [0.2, 0.25) is 0 Å². The van der Waals surface area contributed by atoms with Gasteiger partial charge in [-0.3, -0.25) is 0 Å². The van der Waals surface area contributed by atoms with Gasteiger partial charge in [-0.25, -0.2) is 21.6 Å². The maximum absolute atomic E-state index is 12.7. The predicted octanol–water partition coefficient (Wildman–Crippen LogP) is -0.831. The van der Waals surface area contributed by atoms with Crippen LogP contribution in [-0.4, -0.2) is 40.4 Å². The van der Waals surface area contributed by atoms with Gasteiger partial charge in [-0.2, -0.15) is 8.78 Å². The summed E-state index contributed by atoms with van der Waals surface area (Å²) in [5.74, 6) is -3.28. The number of rotatable bonds is 0. The Balaban J connectivity index is 3.26. The van der Waals surface area contributed by atoms with Crippen molar-refractivity contribution >= 4 is 26.0 Å². The minimum atomic E-state index is -5.75. The largest absolute Gasteiger partial charge is 0.459 e. The van der Waals surface area contributed by atoms with Crippen molar-refractivity contribution in [3.63, 3.8) is 0 Å². The molecule has 0 aromatic carbocycles. The highest BCUT2D eigenvalue weighted by Crippen LogP contribution is 2.31. The van der Waals surface area contributed by atoms with E-state index >= 15 is 0 Å². The zero-order valence-corrected chi connectivity index (χ0v) is 8.52. The minimum Gasteiger partial charge on any atom is -0.459 e. The molecule has 0 saturated carbocycles. The second kappa shape index (κ2) is 3.35. The Hall–Kier alpha value is -0.810. The Kier molecular flexibility index (Phi) is 2.74. The molecule has 1 aliphatic rings. The molecule has 1 aliphatic heterocycles. The van der Waals surface area contributed by atoms with Crippen molar-refractivity contribution in [1.29, 1.82) is 0 Å². The zero-order chi connectivity index (χ0) is 11.9. The highest BCUT2D eigenvalue weighted by molar-refractivity contribution is 8.13. The lowest BCUT2D eigenvalue weighted by Gasteiger charge is -2.28. The van der Waals surface area contributed by atoms with E-state index in [9.17, 15) is 30.4 Å². The average molecular weight is 264 g/mol. The maximum Gasteiger partial charge on any atom is 0.424 e. The van der Waals surface area contributed by atoms with Crippen LogP contribution in [0.3, 0.4) is 0 Å². The summed E-state index contributed by atoms with van der Waals surface area (Å²) in [6, 6.07) is 0. The van der Waals surface area contributed by atoms with E-state index in [-0.39, 0.29) is 0 Å². The Morgan fingerprint density at radius 1 is 1.27 bits per heavy atom. The number of ether oxygens (including phenoxy) is 1. The van der Waals surface area contributed by atoms with Crippen molar-refractivity contribution < 1.29 is 35.1 Å². The van der Waals surface area contributed by atoms with Gasteiger partial charge in [0.05, 0.1) is 15.8 Å². The van der Waals surface area contributed by atoms with Crippen LogP contribution in [0.2, 0.25) is 0 Å². The molecular formula is C4H4F2NO6S2-. The number of carbonyl (C=O) groups is 1. The van der Waals surface area contributed by atoms with Crippen LogP contribution in [0.25, 0.3) is 4.13 Å². The van der Waals surface area contributed by atoms with E-state index in [2.05, 4.69) is 4.74 Å². The maximum atomic E-state index is 12.7. The monoisotopic (exact) mass is 264 g/mol. The number of cyclic esters (lactones) is 1. The molecule has 1 rings (SSSR count). The molecule has 0 spiro atoms. The topological polar surface area (TPSA) is 109 Å². The fraction of sp³-hybridized carbons (Fsp3) is 0.750. The third-order valence-electron chi connectivity index (χ3n) is 1.35. The van der Waals surface area contributed by atoms with Gasteiger partial charge in [0, 0.05) is 0 Å². The molecule has 0 unspecified atom stereocenters. The summed E-state index contributed by atoms with van der Waals surface area (Å²) in [6.45, 7) is -0.865. The summed E-state index contributed by atoms with van der Waals surface area (Å²) in [7, 11) is -10.3. The number of halogens is 2. The molecule has 1 heterocycles. The van der Waals surface area contributed by atoms with Crippen LogP contribution in [0.4, 0.5) is 8.78 Å². The quantitative estimate of drug-likeness (QED) is 0.528. The van der Waals surface area contributed by atoms with Crippen molar-refractivity contribution in [2.45, 2.75) is 5.25 Å². The fourth-order valence-corrected chi connectivity index (χ4v) is 3.09. The second-order valence-corrected chi connectivity index (χ2v) is 6.12. The van der Waals surface area contributed by atoms with Crippen LogP contribution in [0.15, 0.2) is 0 Å². The molecule has 0 aromatic heterocycles. The van der Waals surface area contributed by atoms with Crippen molar-refractivity contribution in [2.24, 2.45) is 0 Å². The van der Waals surface area contributed by atoms with Crippen molar-refractivity contribution in [3.8, 4) is 0 Å². The summed E-state index contributed by atoms with van der Waals surface area (Å²) in [6.07, 6.45) is 0. The number of hydrogen-bond acceptors (Lipinski definition) is 6. The summed E-state index contributed by atoms with van der Waals surface area (Å²) in [4.78, 5) is 10.5. The van der Waals surface area contributed by atoms with E-state index in [1.54, 1.807) is 0 Å². The number of nitrogens with zero attached hydrogens (tertiary/aromatic N) is 1. The van der Waals surface area contributed by atoms with Gasteiger partial charge in [-0.05, 0) is 0 Å². The van der Waals surface area contributed by atoms with Gasteiger partial charge < -0.3 is 8.86 Å². The van der Waals surface area contributed by atoms with Crippen LogP contribution < -0.4 is 0 Å².